The van der Waals surface area contributed by atoms with Gasteiger partial charge in [0.15, 0.2) is 5.16 Å². The number of nitrogen functional groups attached to an aromatic ring is 3. The van der Waals surface area contributed by atoms with E-state index < -0.39 is 5.91 Å². The van der Waals surface area contributed by atoms with Crippen LogP contribution in [0.5, 0.6) is 0 Å². The molecule has 0 atom stereocenters. The smallest absolute Gasteiger partial charge is 0.248 e. The standard InChI is InChI=1S/C12H14N6OS/c13-8-3-6(11(16)19)1-2-7(8)5-20-12-17-9(14)4-10(15)18-12/h1-4H,5,13H2,(H2,16,19)(H4,14,15,17,18). The summed E-state index contributed by atoms with van der Waals surface area (Å²) < 4.78 is 0. The average Bonchev–Trinajstić information content (AvgIpc) is 2.36. The zero-order valence-corrected chi connectivity index (χ0v) is 11.4. The molecule has 1 aromatic heterocycles. The predicted octanol–water partition coefficient (Wildman–Crippen LogP) is 0.614. The zero-order valence-electron chi connectivity index (χ0n) is 10.5. The van der Waals surface area contributed by atoms with E-state index in [-0.39, 0.29) is 0 Å². The second-order valence-electron chi connectivity index (χ2n) is 4.07. The van der Waals surface area contributed by atoms with Crippen LogP contribution in [-0.2, 0) is 5.75 Å². The van der Waals surface area contributed by atoms with Crippen molar-refractivity contribution >= 4 is 35.0 Å². The number of amides is 1. The Kier molecular flexibility index (Phi) is 3.94. The summed E-state index contributed by atoms with van der Waals surface area (Å²) in [6.45, 7) is 0. The van der Waals surface area contributed by atoms with E-state index in [0.717, 1.165) is 5.56 Å². The molecule has 1 amide bonds. The third kappa shape index (κ3) is 3.29. The minimum absolute atomic E-state index is 0.317. The molecule has 20 heavy (non-hydrogen) atoms. The highest BCUT2D eigenvalue weighted by atomic mass is 32.2. The van der Waals surface area contributed by atoms with Gasteiger partial charge < -0.3 is 22.9 Å². The third-order valence-corrected chi connectivity index (χ3v) is 3.43. The molecule has 2 aromatic rings. The fourth-order valence-electron chi connectivity index (χ4n) is 1.55. The number of primary amides is 1. The molecule has 0 unspecified atom stereocenters. The topological polar surface area (TPSA) is 147 Å². The maximum atomic E-state index is 11.0. The van der Waals surface area contributed by atoms with Crippen LogP contribution in [0.3, 0.4) is 0 Å². The lowest BCUT2D eigenvalue weighted by Gasteiger charge is -2.07. The minimum atomic E-state index is -0.511. The number of aromatic nitrogens is 2. The van der Waals surface area contributed by atoms with Crippen molar-refractivity contribution in [2.45, 2.75) is 10.9 Å². The lowest BCUT2D eigenvalue weighted by molar-refractivity contribution is 0.100. The number of anilines is 3. The Labute approximate surface area is 119 Å². The number of benzene rings is 1. The van der Waals surface area contributed by atoms with Crippen molar-refractivity contribution in [3.8, 4) is 0 Å². The zero-order chi connectivity index (χ0) is 14.7. The van der Waals surface area contributed by atoms with Gasteiger partial charge in [0.2, 0.25) is 5.91 Å². The molecule has 0 fully saturated rings. The fourth-order valence-corrected chi connectivity index (χ4v) is 2.44. The average molecular weight is 290 g/mol. The van der Waals surface area contributed by atoms with Gasteiger partial charge in [-0.1, -0.05) is 17.8 Å². The summed E-state index contributed by atoms with van der Waals surface area (Å²) in [6, 6.07) is 6.41. The second kappa shape index (κ2) is 5.66. The number of nitrogens with two attached hydrogens (primary N) is 4. The molecular weight excluding hydrogens is 276 g/mol. The van der Waals surface area contributed by atoms with Crippen molar-refractivity contribution in [1.29, 1.82) is 0 Å². The maximum Gasteiger partial charge on any atom is 0.248 e. The number of nitrogens with zero attached hydrogens (tertiary/aromatic N) is 2. The summed E-state index contributed by atoms with van der Waals surface area (Å²) in [7, 11) is 0. The van der Waals surface area contributed by atoms with Crippen molar-refractivity contribution in [1.82, 2.24) is 9.97 Å². The van der Waals surface area contributed by atoms with Crippen LogP contribution in [0.15, 0.2) is 29.4 Å². The SMILES string of the molecule is NC(=O)c1ccc(CSc2nc(N)cc(N)n2)c(N)c1. The number of hydrogen-bond acceptors (Lipinski definition) is 7. The Morgan fingerprint density at radius 2 is 1.75 bits per heavy atom. The monoisotopic (exact) mass is 290 g/mol. The molecule has 1 aromatic carbocycles. The molecule has 0 aliphatic rings. The van der Waals surface area contributed by atoms with Gasteiger partial charge in [0.05, 0.1) is 0 Å². The third-order valence-electron chi connectivity index (χ3n) is 2.53. The van der Waals surface area contributed by atoms with Crippen LogP contribution in [0.25, 0.3) is 0 Å². The number of carbonyl (C=O) groups excluding carboxylic acids is 1. The highest BCUT2D eigenvalue weighted by Crippen LogP contribution is 2.25. The van der Waals surface area contributed by atoms with Crippen LogP contribution in [0, 0.1) is 0 Å². The van der Waals surface area contributed by atoms with E-state index in [2.05, 4.69) is 9.97 Å². The van der Waals surface area contributed by atoms with E-state index in [0.29, 0.717) is 33.8 Å². The van der Waals surface area contributed by atoms with E-state index in [1.54, 1.807) is 18.2 Å². The Hall–Kier alpha value is -2.48. The summed E-state index contributed by atoms with van der Waals surface area (Å²) >= 11 is 1.35. The lowest BCUT2D eigenvalue weighted by atomic mass is 10.1. The van der Waals surface area contributed by atoms with Gasteiger partial charge in [-0.2, -0.15) is 0 Å². The second-order valence-corrected chi connectivity index (χ2v) is 5.01. The van der Waals surface area contributed by atoms with Crippen LogP contribution in [0.1, 0.15) is 15.9 Å². The number of carbonyl (C=O) groups is 1. The van der Waals surface area contributed by atoms with Crippen molar-refractivity contribution in [3.05, 3.63) is 35.4 Å². The Bertz CT molecular complexity index is 640. The van der Waals surface area contributed by atoms with Gasteiger partial charge in [-0.25, -0.2) is 9.97 Å². The molecule has 2 rings (SSSR count). The number of thioether (sulfide) groups is 1. The van der Waals surface area contributed by atoms with Gasteiger partial charge in [0.1, 0.15) is 11.6 Å². The Morgan fingerprint density at radius 1 is 1.10 bits per heavy atom. The molecule has 0 bridgehead atoms. The molecule has 8 heteroatoms. The van der Waals surface area contributed by atoms with Gasteiger partial charge in [-0.15, -0.1) is 0 Å². The molecule has 0 aliphatic carbocycles. The maximum absolute atomic E-state index is 11.0. The van der Waals surface area contributed by atoms with E-state index in [1.165, 1.54) is 17.8 Å². The van der Waals surface area contributed by atoms with E-state index >= 15 is 0 Å². The molecule has 0 spiro atoms. The fraction of sp³-hybridized carbons (Fsp3) is 0.0833. The molecular formula is C12H14N6OS. The van der Waals surface area contributed by atoms with Crippen LogP contribution in [0.2, 0.25) is 0 Å². The molecule has 8 N–H and O–H groups in total. The van der Waals surface area contributed by atoms with Gasteiger partial charge in [0, 0.05) is 23.1 Å². The van der Waals surface area contributed by atoms with Gasteiger partial charge in [-0.05, 0) is 17.7 Å². The summed E-state index contributed by atoms with van der Waals surface area (Å²) in [5, 5.41) is 0.473. The van der Waals surface area contributed by atoms with Crippen LogP contribution < -0.4 is 22.9 Å². The van der Waals surface area contributed by atoms with Crippen LogP contribution >= 0.6 is 11.8 Å². The summed E-state index contributed by atoms with van der Waals surface area (Å²) in [5.74, 6) is 0.658. The first-order chi connectivity index (χ1) is 9.45. The van der Waals surface area contributed by atoms with Crippen molar-refractivity contribution in [2.75, 3.05) is 17.2 Å². The van der Waals surface area contributed by atoms with Crippen molar-refractivity contribution < 1.29 is 4.79 Å². The van der Waals surface area contributed by atoms with Gasteiger partial charge >= 0.3 is 0 Å². The summed E-state index contributed by atoms with van der Waals surface area (Å²) in [6.07, 6.45) is 0. The van der Waals surface area contributed by atoms with Crippen molar-refractivity contribution in [3.63, 3.8) is 0 Å². The summed E-state index contributed by atoms with van der Waals surface area (Å²) in [5.41, 5.74) is 24.0. The minimum Gasteiger partial charge on any atom is -0.398 e. The highest BCUT2D eigenvalue weighted by molar-refractivity contribution is 7.98. The van der Waals surface area contributed by atoms with E-state index in [9.17, 15) is 4.79 Å². The van der Waals surface area contributed by atoms with E-state index in [1.807, 2.05) is 0 Å². The first-order valence-corrected chi connectivity index (χ1v) is 6.65. The predicted molar refractivity (Wildman–Crippen MR) is 79.8 cm³/mol. The van der Waals surface area contributed by atoms with Gasteiger partial charge in [0.25, 0.3) is 0 Å². The Morgan fingerprint density at radius 3 is 2.30 bits per heavy atom. The first-order valence-electron chi connectivity index (χ1n) is 5.66. The molecule has 0 saturated carbocycles. The summed E-state index contributed by atoms with van der Waals surface area (Å²) in [4.78, 5) is 19.2. The van der Waals surface area contributed by atoms with E-state index in [4.69, 9.17) is 22.9 Å². The Balaban J connectivity index is 2.12. The number of hydrogen-bond donors (Lipinski definition) is 4. The largest absolute Gasteiger partial charge is 0.398 e. The molecule has 1 heterocycles. The lowest BCUT2D eigenvalue weighted by Crippen LogP contribution is -2.11. The number of rotatable bonds is 4. The first kappa shape index (κ1) is 13.9. The van der Waals surface area contributed by atoms with Gasteiger partial charge in [-0.3, -0.25) is 4.79 Å². The molecule has 104 valence electrons. The molecule has 0 saturated heterocycles. The molecule has 7 nitrogen and oxygen atoms in total. The molecule has 0 radical (unpaired) electrons. The van der Waals surface area contributed by atoms with Crippen molar-refractivity contribution in [2.24, 2.45) is 5.73 Å². The van der Waals surface area contributed by atoms with Crippen LogP contribution in [0.4, 0.5) is 17.3 Å². The normalized spacial score (nSPS) is 10.4. The molecule has 0 aliphatic heterocycles. The quantitative estimate of drug-likeness (QED) is 0.366. The highest BCUT2D eigenvalue weighted by Gasteiger charge is 2.07. The van der Waals surface area contributed by atoms with Crippen LogP contribution in [-0.4, -0.2) is 15.9 Å².